The number of esters is 1. The standard InChI is InChI=1S/C15H14F3N3O3S/c16-15(17,18)7-9-8-25-14(20-9)21-13(23)10-3-1-2-4-11(10)24-12(22)5-6-19/h1-4,8H,5-7,19H2,(H,20,21,23). The lowest BCUT2D eigenvalue weighted by molar-refractivity contribution is -0.134. The Kier molecular flexibility index (Phi) is 6.10. The summed E-state index contributed by atoms with van der Waals surface area (Å²) >= 11 is 0.874. The van der Waals surface area contributed by atoms with Crippen LogP contribution >= 0.6 is 11.3 Å². The second-order valence-electron chi connectivity index (χ2n) is 4.90. The van der Waals surface area contributed by atoms with Crippen LogP contribution in [0.1, 0.15) is 22.5 Å². The third kappa shape index (κ3) is 5.84. The van der Waals surface area contributed by atoms with Crippen molar-refractivity contribution in [1.29, 1.82) is 0 Å². The number of aromatic nitrogens is 1. The molecule has 0 aliphatic carbocycles. The summed E-state index contributed by atoms with van der Waals surface area (Å²) in [6, 6.07) is 5.99. The zero-order valence-electron chi connectivity index (χ0n) is 12.8. The number of thiazole rings is 1. The van der Waals surface area contributed by atoms with Gasteiger partial charge in [0.15, 0.2) is 5.13 Å². The summed E-state index contributed by atoms with van der Waals surface area (Å²) in [5.41, 5.74) is 5.13. The van der Waals surface area contributed by atoms with Gasteiger partial charge in [0.1, 0.15) is 5.75 Å². The monoisotopic (exact) mass is 373 g/mol. The highest BCUT2D eigenvalue weighted by atomic mass is 32.1. The van der Waals surface area contributed by atoms with Gasteiger partial charge >= 0.3 is 12.1 Å². The number of carbonyl (C=O) groups is 2. The molecular formula is C15H14F3N3O3S. The van der Waals surface area contributed by atoms with Gasteiger partial charge in [0.25, 0.3) is 5.91 Å². The van der Waals surface area contributed by atoms with Gasteiger partial charge in [-0.1, -0.05) is 12.1 Å². The number of nitrogens with two attached hydrogens (primary N) is 1. The molecule has 1 aromatic heterocycles. The fraction of sp³-hybridized carbons (Fsp3) is 0.267. The molecule has 134 valence electrons. The minimum Gasteiger partial charge on any atom is -0.426 e. The maximum atomic E-state index is 12.3. The zero-order chi connectivity index (χ0) is 18.4. The molecule has 0 spiro atoms. The quantitative estimate of drug-likeness (QED) is 0.600. The van der Waals surface area contributed by atoms with E-state index in [-0.39, 0.29) is 35.1 Å². The third-order valence-corrected chi connectivity index (χ3v) is 3.66. The van der Waals surface area contributed by atoms with Crippen molar-refractivity contribution in [3.63, 3.8) is 0 Å². The van der Waals surface area contributed by atoms with E-state index in [2.05, 4.69) is 10.3 Å². The average Bonchev–Trinajstić information content (AvgIpc) is 2.92. The number of para-hydroxylation sites is 1. The number of benzene rings is 1. The van der Waals surface area contributed by atoms with E-state index in [0.29, 0.717) is 0 Å². The highest BCUT2D eigenvalue weighted by Crippen LogP contribution is 2.25. The molecule has 0 unspecified atom stereocenters. The van der Waals surface area contributed by atoms with Crippen LogP contribution in [0.15, 0.2) is 29.6 Å². The third-order valence-electron chi connectivity index (χ3n) is 2.86. The summed E-state index contributed by atoms with van der Waals surface area (Å²) in [4.78, 5) is 27.5. The highest BCUT2D eigenvalue weighted by molar-refractivity contribution is 7.14. The van der Waals surface area contributed by atoms with Gasteiger partial charge in [-0.15, -0.1) is 11.3 Å². The molecule has 6 nitrogen and oxygen atoms in total. The van der Waals surface area contributed by atoms with Crippen molar-refractivity contribution in [3.8, 4) is 5.75 Å². The molecule has 0 fully saturated rings. The fourth-order valence-electron chi connectivity index (χ4n) is 1.85. The lowest BCUT2D eigenvalue weighted by Crippen LogP contribution is -2.18. The molecule has 1 amide bonds. The number of nitrogens with zero attached hydrogens (tertiary/aromatic N) is 1. The predicted octanol–water partition coefficient (Wildman–Crippen LogP) is 2.75. The van der Waals surface area contributed by atoms with E-state index >= 15 is 0 Å². The Morgan fingerprint density at radius 1 is 1.28 bits per heavy atom. The lowest BCUT2D eigenvalue weighted by atomic mass is 10.2. The van der Waals surface area contributed by atoms with Gasteiger partial charge in [-0.2, -0.15) is 13.2 Å². The molecule has 0 saturated carbocycles. The number of carbonyl (C=O) groups excluding carboxylic acids is 2. The van der Waals surface area contributed by atoms with Crippen LogP contribution in [0.3, 0.4) is 0 Å². The second kappa shape index (κ2) is 8.08. The Morgan fingerprint density at radius 3 is 2.68 bits per heavy atom. The summed E-state index contributed by atoms with van der Waals surface area (Å²) in [7, 11) is 0. The maximum Gasteiger partial charge on any atom is 0.394 e. The van der Waals surface area contributed by atoms with E-state index in [9.17, 15) is 22.8 Å². The van der Waals surface area contributed by atoms with Crippen molar-refractivity contribution in [1.82, 2.24) is 4.98 Å². The Hall–Kier alpha value is -2.46. The van der Waals surface area contributed by atoms with Crippen molar-refractivity contribution in [2.45, 2.75) is 19.0 Å². The van der Waals surface area contributed by atoms with E-state index < -0.39 is 24.5 Å². The summed E-state index contributed by atoms with van der Waals surface area (Å²) in [6.07, 6.45) is -5.56. The van der Waals surface area contributed by atoms with Crippen LogP contribution in [0.4, 0.5) is 18.3 Å². The van der Waals surface area contributed by atoms with Crippen molar-refractivity contribution in [3.05, 3.63) is 40.9 Å². The molecule has 0 bridgehead atoms. The molecule has 0 saturated heterocycles. The maximum absolute atomic E-state index is 12.3. The van der Waals surface area contributed by atoms with Gasteiger partial charge in [-0.25, -0.2) is 4.98 Å². The number of anilines is 1. The number of alkyl halides is 3. The average molecular weight is 373 g/mol. The summed E-state index contributed by atoms with van der Waals surface area (Å²) < 4.78 is 42.1. The molecule has 3 N–H and O–H groups in total. The van der Waals surface area contributed by atoms with Crippen molar-refractivity contribution in [2.75, 3.05) is 11.9 Å². The van der Waals surface area contributed by atoms with Crippen molar-refractivity contribution < 1.29 is 27.5 Å². The van der Waals surface area contributed by atoms with Crippen LogP contribution in [-0.2, 0) is 11.2 Å². The number of ether oxygens (including phenoxy) is 1. The molecule has 2 rings (SSSR count). The SMILES string of the molecule is NCCC(=O)Oc1ccccc1C(=O)Nc1nc(CC(F)(F)F)cs1. The van der Waals surface area contributed by atoms with Crippen LogP contribution in [-0.4, -0.2) is 29.6 Å². The molecule has 2 aromatic rings. The van der Waals surface area contributed by atoms with Crippen LogP contribution in [0, 0.1) is 0 Å². The van der Waals surface area contributed by atoms with Crippen LogP contribution in [0.2, 0.25) is 0 Å². The molecule has 0 aliphatic rings. The molecule has 25 heavy (non-hydrogen) atoms. The number of amides is 1. The summed E-state index contributed by atoms with van der Waals surface area (Å²) in [5.74, 6) is -1.21. The van der Waals surface area contributed by atoms with E-state index in [1.807, 2.05) is 0 Å². The Balaban J connectivity index is 2.10. The fourth-order valence-corrected chi connectivity index (χ4v) is 2.56. The van der Waals surface area contributed by atoms with E-state index in [1.165, 1.54) is 17.5 Å². The first-order valence-corrected chi connectivity index (χ1v) is 7.99. The number of nitrogens with one attached hydrogen (secondary N) is 1. The largest absolute Gasteiger partial charge is 0.426 e. The van der Waals surface area contributed by atoms with Crippen molar-refractivity contribution in [2.24, 2.45) is 5.73 Å². The van der Waals surface area contributed by atoms with Gasteiger partial charge in [0.05, 0.1) is 24.1 Å². The number of hydrogen-bond donors (Lipinski definition) is 2. The molecule has 1 aromatic carbocycles. The lowest BCUT2D eigenvalue weighted by Gasteiger charge is -2.09. The predicted molar refractivity (Wildman–Crippen MR) is 85.6 cm³/mol. The van der Waals surface area contributed by atoms with Gasteiger partial charge in [-0.3, -0.25) is 14.9 Å². The van der Waals surface area contributed by atoms with E-state index in [4.69, 9.17) is 10.5 Å². The smallest absolute Gasteiger partial charge is 0.394 e. The summed E-state index contributed by atoms with van der Waals surface area (Å²) in [5, 5.41) is 3.63. The normalized spacial score (nSPS) is 11.2. The summed E-state index contributed by atoms with van der Waals surface area (Å²) in [6.45, 7) is 0.105. The first kappa shape index (κ1) is 18.9. The number of rotatable bonds is 6. The molecule has 10 heteroatoms. The molecule has 1 heterocycles. The zero-order valence-corrected chi connectivity index (χ0v) is 13.6. The van der Waals surface area contributed by atoms with Gasteiger partial charge in [-0.05, 0) is 12.1 Å². The van der Waals surface area contributed by atoms with E-state index in [1.54, 1.807) is 12.1 Å². The van der Waals surface area contributed by atoms with Crippen LogP contribution in [0.5, 0.6) is 5.75 Å². The van der Waals surface area contributed by atoms with Crippen LogP contribution < -0.4 is 15.8 Å². The Labute approximate surface area is 144 Å². The minimum atomic E-state index is -4.38. The van der Waals surface area contributed by atoms with Gasteiger partial charge < -0.3 is 10.5 Å². The Morgan fingerprint density at radius 2 is 2.00 bits per heavy atom. The molecule has 0 radical (unpaired) electrons. The first-order valence-electron chi connectivity index (χ1n) is 7.11. The van der Waals surface area contributed by atoms with Crippen LogP contribution in [0.25, 0.3) is 0 Å². The molecule has 0 aliphatic heterocycles. The minimum absolute atomic E-state index is 0.0107. The van der Waals surface area contributed by atoms with E-state index in [0.717, 1.165) is 11.3 Å². The number of halogens is 3. The van der Waals surface area contributed by atoms with Crippen molar-refractivity contribution >= 4 is 28.3 Å². The second-order valence-corrected chi connectivity index (χ2v) is 5.76. The number of hydrogen-bond acceptors (Lipinski definition) is 6. The topological polar surface area (TPSA) is 94.3 Å². The van der Waals surface area contributed by atoms with Gasteiger partial charge in [0.2, 0.25) is 0 Å². The molecular weight excluding hydrogens is 359 g/mol. The van der Waals surface area contributed by atoms with Gasteiger partial charge in [0, 0.05) is 11.9 Å². The highest BCUT2D eigenvalue weighted by Gasteiger charge is 2.29. The Bertz CT molecular complexity index is 762. The first-order chi connectivity index (χ1) is 11.8. The molecule has 0 atom stereocenters.